The van der Waals surface area contributed by atoms with Crippen molar-refractivity contribution in [2.75, 3.05) is 25.0 Å². The maximum Gasteiger partial charge on any atom is 0.227 e. The highest BCUT2D eigenvalue weighted by Gasteiger charge is 2.25. The van der Waals surface area contributed by atoms with E-state index in [1.54, 1.807) is 0 Å². The largest absolute Gasteiger partial charge is 0.494 e. The molecular formula is C28H32N2O3. The van der Waals surface area contributed by atoms with Crippen LogP contribution in [0.4, 0.5) is 5.69 Å². The Morgan fingerprint density at radius 1 is 0.879 bits per heavy atom. The lowest BCUT2D eigenvalue weighted by molar-refractivity contribution is -0.121. The molecule has 4 rings (SSSR count). The Balaban J connectivity index is 1.21. The van der Waals surface area contributed by atoms with E-state index in [0.717, 1.165) is 55.2 Å². The number of rotatable bonds is 9. The number of hydrogen-bond acceptors (Lipinski definition) is 4. The minimum absolute atomic E-state index is 0.0463. The van der Waals surface area contributed by atoms with Crippen molar-refractivity contribution in [1.29, 1.82) is 0 Å². The Morgan fingerprint density at radius 2 is 1.61 bits per heavy atom. The lowest BCUT2D eigenvalue weighted by Gasteiger charge is -2.31. The molecule has 3 aromatic carbocycles. The second-order valence-electron chi connectivity index (χ2n) is 8.42. The van der Waals surface area contributed by atoms with Crippen LogP contribution in [0.5, 0.6) is 11.5 Å². The predicted molar refractivity (Wildman–Crippen MR) is 131 cm³/mol. The molecule has 1 fully saturated rings. The molecular weight excluding hydrogens is 412 g/mol. The summed E-state index contributed by atoms with van der Waals surface area (Å²) < 4.78 is 11.4. The van der Waals surface area contributed by atoms with Crippen molar-refractivity contribution >= 4 is 11.6 Å². The zero-order valence-corrected chi connectivity index (χ0v) is 19.2. The highest BCUT2D eigenvalue weighted by Crippen LogP contribution is 2.23. The molecule has 1 saturated heterocycles. The summed E-state index contributed by atoms with van der Waals surface area (Å²) in [6.07, 6.45) is 1.74. The van der Waals surface area contributed by atoms with Gasteiger partial charge in [-0.05, 0) is 80.4 Å². The van der Waals surface area contributed by atoms with Gasteiger partial charge in [0.15, 0.2) is 0 Å². The Kier molecular flexibility index (Phi) is 7.99. The van der Waals surface area contributed by atoms with Crippen molar-refractivity contribution in [3.05, 3.63) is 90.0 Å². The molecule has 1 aliphatic heterocycles. The van der Waals surface area contributed by atoms with E-state index in [9.17, 15) is 4.79 Å². The number of carbonyl (C=O) groups excluding carboxylic acids is 1. The number of nitrogens with zero attached hydrogens (tertiary/aromatic N) is 1. The molecule has 172 valence electrons. The fourth-order valence-corrected chi connectivity index (χ4v) is 4.13. The number of anilines is 1. The molecule has 0 bridgehead atoms. The van der Waals surface area contributed by atoms with Crippen molar-refractivity contribution in [3.63, 3.8) is 0 Å². The van der Waals surface area contributed by atoms with Crippen LogP contribution in [0.2, 0.25) is 0 Å². The van der Waals surface area contributed by atoms with Crippen LogP contribution in [-0.2, 0) is 17.9 Å². The van der Waals surface area contributed by atoms with Gasteiger partial charge in [0.25, 0.3) is 0 Å². The molecule has 1 heterocycles. The second-order valence-corrected chi connectivity index (χ2v) is 8.42. The second kappa shape index (κ2) is 11.5. The Morgan fingerprint density at radius 3 is 2.33 bits per heavy atom. The highest BCUT2D eigenvalue weighted by atomic mass is 16.5. The SMILES string of the molecule is CCOc1cccc(CN2CCC(C(=O)Nc3ccc(OCc4ccccc4)cc3)CC2)c1. The third kappa shape index (κ3) is 6.83. The molecule has 5 nitrogen and oxygen atoms in total. The third-order valence-corrected chi connectivity index (χ3v) is 5.94. The van der Waals surface area contributed by atoms with E-state index in [0.29, 0.717) is 13.2 Å². The van der Waals surface area contributed by atoms with E-state index in [2.05, 4.69) is 22.3 Å². The highest BCUT2D eigenvalue weighted by molar-refractivity contribution is 5.92. The number of hydrogen-bond donors (Lipinski definition) is 1. The van der Waals surface area contributed by atoms with Crippen LogP contribution in [-0.4, -0.2) is 30.5 Å². The lowest BCUT2D eigenvalue weighted by atomic mass is 9.95. The molecule has 1 N–H and O–H groups in total. The first-order valence-corrected chi connectivity index (χ1v) is 11.7. The average Bonchev–Trinajstić information content (AvgIpc) is 2.85. The number of nitrogens with one attached hydrogen (secondary N) is 1. The van der Waals surface area contributed by atoms with Gasteiger partial charge >= 0.3 is 0 Å². The van der Waals surface area contributed by atoms with Crippen molar-refractivity contribution in [2.24, 2.45) is 5.92 Å². The third-order valence-electron chi connectivity index (χ3n) is 5.94. The fourth-order valence-electron chi connectivity index (χ4n) is 4.13. The van der Waals surface area contributed by atoms with Crippen molar-refractivity contribution in [3.8, 4) is 11.5 Å². The molecule has 0 aromatic heterocycles. The summed E-state index contributed by atoms with van der Waals surface area (Å²) in [5, 5.41) is 3.07. The first-order chi connectivity index (χ1) is 16.2. The number of likely N-dealkylation sites (tertiary alicyclic amines) is 1. The normalized spacial score (nSPS) is 14.6. The van der Waals surface area contributed by atoms with Crippen LogP contribution in [0.3, 0.4) is 0 Å². The van der Waals surface area contributed by atoms with E-state index < -0.39 is 0 Å². The molecule has 0 unspecified atom stereocenters. The number of piperidine rings is 1. The zero-order chi connectivity index (χ0) is 22.9. The number of ether oxygens (including phenoxy) is 2. The molecule has 0 radical (unpaired) electrons. The zero-order valence-electron chi connectivity index (χ0n) is 19.2. The summed E-state index contributed by atoms with van der Waals surface area (Å²) in [7, 11) is 0. The first-order valence-electron chi connectivity index (χ1n) is 11.7. The van der Waals surface area contributed by atoms with Gasteiger partial charge in [-0.2, -0.15) is 0 Å². The topological polar surface area (TPSA) is 50.8 Å². The Bertz CT molecular complexity index is 1010. The standard InChI is InChI=1S/C28H32N2O3/c1-2-32-27-10-6-9-23(19-27)20-30-17-15-24(16-18-30)28(31)29-25-11-13-26(14-12-25)33-21-22-7-4-3-5-8-22/h3-14,19,24H,2,15-18,20-21H2,1H3,(H,29,31). The van der Waals surface area contributed by atoms with Gasteiger partial charge in [-0.1, -0.05) is 42.5 Å². The monoisotopic (exact) mass is 444 g/mol. The fraction of sp³-hybridized carbons (Fsp3) is 0.321. The van der Waals surface area contributed by atoms with E-state index >= 15 is 0 Å². The number of benzene rings is 3. The summed E-state index contributed by atoms with van der Waals surface area (Å²) in [5.41, 5.74) is 3.18. The van der Waals surface area contributed by atoms with E-state index in [1.807, 2.05) is 73.7 Å². The van der Waals surface area contributed by atoms with Crippen LogP contribution >= 0.6 is 0 Å². The van der Waals surface area contributed by atoms with Gasteiger partial charge < -0.3 is 14.8 Å². The van der Waals surface area contributed by atoms with E-state index in [4.69, 9.17) is 9.47 Å². The van der Waals surface area contributed by atoms with Gasteiger partial charge in [-0.15, -0.1) is 0 Å². The minimum atomic E-state index is 0.0463. The summed E-state index contributed by atoms with van der Waals surface area (Å²) in [6.45, 7) is 5.93. The van der Waals surface area contributed by atoms with Gasteiger partial charge in [0.1, 0.15) is 18.1 Å². The molecule has 3 aromatic rings. The van der Waals surface area contributed by atoms with E-state index in [-0.39, 0.29) is 11.8 Å². The molecule has 0 aliphatic carbocycles. The lowest BCUT2D eigenvalue weighted by Crippen LogP contribution is -2.37. The van der Waals surface area contributed by atoms with Crippen molar-refractivity contribution in [1.82, 2.24) is 4.90 Å². The molecule has 0 spiro atoms. The maximum absolute atomic E-state index is 12.8. The number of amides is 1. The number of carbonyl (C=O) groups is 1. The molecule has 1 amide bonds. The average molecular weight is 445 g/mol. The van der Waals surface area contributed by atoms with Gasteiger partial charge in [-0.3, -0.25) is 9.69 Å². The van der Waals surface area contributed by atoms with E-state index in [1.165, 1.54) is 5.56 Å². The Hall–Kier alpha value is -3.31. The molecule has 0 saturated carbocycles. The van der Waals surface area contributed by atoms with Gasteiger partial charge in [0, 0.05) is 18.2 Å². The van der Waals surface area contributed by atoms with Gasteiger partial charge in [0.05, 0.1) is 6.61 Å². The predicted octanol–water partition coefficient (Wildman–Crippen LogP) is 5.52. The van der Waals surface area contributed by atoms with Crippen LogP contribution in [0.1, 0.15) is 30.9 Å². The summed E-state index contributed by atoms with van der Waals surface area (Å²) in [4.78, 5) is 15.2. The molecule has 0 atom stereocenters. The van der Waals surface area contributed by atoms with Gasteiger partial charge in [-0.25, -0.2) is 0 Å². The molecule has 1 aliphatic rings. The summed E-state index contributed by atoms with van der Waals surface area (Å²) in [6, 6.07) is 26.0. The molecule has 5 heteroatoms. The van der Waals surface area contributed by atoms with Crippen LogP contribution in [0.25, 0.3) is 0 Å². The minimum Gasteiger partial charge on any atom is -0.494 e. The van der Waals surface area contributed by atoms with Crippen LogP contribution in [0, 0.1) is 5.92 Å². The quantitative estimate of drug-likeness (QED) is 0.472. The summed E-state index contributed by atoms with van der Waals surface area (Å²) >= 11 is 0. The Labute approximate surface area is 196 Å². The molecule has 33 heavy (non-hydrogen) atoms. The van der Waals surface area contributed by atoms with Gasteiger partial charge in [0.2, 0.25) is 5.91 Å². The summed E-state index contributed by atoms with van der Waals surface area (Å²) in [5.74, 6) is 1.86. The van der Waals surface area contributed by atoms with Crippen molar-refractivity contribution < 1.29 is 14.3 Å². The smallest absolute Gasteiger partial charge is 0.227 e. The van der Waals surface area contributed by atoms with Crippen LogP contribution in [0.15, 0.2) is 78.9 Å². The first kappa shape index (κ1) is 22.9. The van der Waals surface area contributed by atoms with Crippen LogP contribution < -0.4 is 14.8 Å². The maximum atomic E-state index is 12.8. The van der Waals surface area contributed by atoms with Crippen molar-refractivity contribution in [2.45, 2.75) is 32.9 Å².